The Morgan fingerprint density at radius 3 is 2.91 bits per heavy atom. The second-order valence-electron chi connectivity index (χ2n) is 8.14. The highest BCUT2D eigenvalue weighted by Crippen LogP contribution is 2.43. The predicted octanol–water partition coefficient (Wildman–Crippen LogP) is 4.17. The van der Waals surface area contributed by atoms with Crippen molar-refractivity contribution in [2.24, 2.45) is 7.05 Å². The van der Waals surface area contributed by atoms with Crippen LogP contribution in [-0.4, -0.2) is 55.5 Å². The van der Waals surface area contributed by atoms with Crippen LogP contribution in [0.5, 0.6) is 0 Å². The molecule has 0 bridgehead atoms. The third-order valence-electron chi connectivity index (χ3n) is 6.11. The molecular weight excluding hydrogens is 422 g/mol. The molecule has 1 aliphatic heterocycles. The number of nitrogens with one attached hydrogen (secondary N) is 1. The Labute approximate surface area is 188 Å². The molecule has 9 heteroatoms. The van der Waals surface area contributed by atoms with Crippen LogP contribution in [0.4, 0.5) is 5.82 Å². The second-order valence-corrected chi connectivity index (χ2v) is 9.36. The Balaban J connectivity index is 1.67. The van der Waals surface area contributed by atoms with Gasteiger partial charge in [-0.25, -0.2) is 15.0 Å². The van der Waals surface area contributed by atoms with Crippen molar-refractivity contribution >= 4 is 38.4 Å². The molecule has 8 nitrogen and oxygen atoms in total. The van der Waals surface area contributed by atoms with Gasteiger partial charge in [0.25, 0.3) is 0 Å². The van der Waals surface area contributed by atoms with E-state index in [2.05, 4.69) is 33.8 Å². The summed E-state index contributed by atoms with van der Waals surface area (Å²) in [7, 11) is 1.97. The monoisotopic (exact) mass is 445 g/mol. The average Bonchev–Trinajstić information content (AvgIpc) is 3.51. The first-order chi connectivity index (χ1) is 15.6. The number of thiophene rings is 1. The Morgan fingerprint density at radius 1 is 1.19 bits per heavy atom. The number of H-pyrrole nitrogens is 1. The number of anilines is 1. The number of rotatable bonds is 3. The number of morpholine rings is 1. The zero-order valence-corrected chi connectivity index (χ0v) is 19.0. The number of aromatic amines is 1. The highest BCUT2D eigenvalue weighted by molar-refractivity contribution is 7.20. The van der Waals surface area contributed by atoms with E-state index in [-0.39, 0.29) is 6.04 Å². The number of hydrogen-bond acceptors (Lipinski definition) is 7. The van der Waals surface area contributed by atoms with Crippen molar-refractivity contribution in [3.05, 3.63) is 41.7 Å². The predicted molar refractivity (Wildman–Crippen MR) is 127 cm³/mol. The molecule has 0 amide bonds. The van der Waals surface area contributed by atoms with Gasteiger partial charge in [-0.05, 0) is 32.0 Å². The van der Waals surface area contributed by atoms with Crippen LogP contribution < -0.4 is 4.90 Å². The van der Waals surface area contributed by atoms with E-state index in [1.54, 1.807) is 17.5 Å². The van der Waals surface area contributed by atoms with Crippen molar-refractivity contribution < 1.29 is 4.74 Å². The SMILES string of the molecule is Cc1sc2c(N3CCOC[C@H]3C)nc(-c3ccnc4[nH]ccc34)nc2c1-c1ccnn1C. The van der Waals surface area contributed by atoms with Crippen LogP contribution >= 0.6 is 11.3 Å². The molecule has 0 saturated carbocycles. The van der Waals surface area contributed by atoms with Crippen molar-refractivity contribution in [3.63, 3.8) is 0 Å². The summed E-state index contributed by atoms with van der Waals surface area (Å²) >= 11 is 1.75. The van der Waals surface area contributed by atoms with Gasteiger partial charge >= 0.3 is 0 Å². The zero-order valence-electron chi connectivity index (χ0n) is 18.2. The Morgan fingerprint density at radius 2 is 2.09 bits per heavy atom. The van der Waals surface area contributed by atoms with Crippen LogP contribution in [0.25, 0.3) is 43.9 Å². The van der Waals surface area contributed by atoms with Gasteiger partial charge in [-0.1, -0.05) is 0 Å². The summed E-state index contributed by atoms with van der Waals surface area (Å²) in [5.74, 6) is 1.68. The minimum absolute atomic E-state index is 0.238. The quantitative estimate of drug-likeness (QED) is 0.449. The number of pyridine rings is 1. The molecule has 0 aliphatic carbocycles. The first-order valence-electron chi connectivity index (χ1n) is 10.7. The standard InChI is InChI=1S/C23H23N7OS/c1-13-12-31-11-10-30(13)23-20-19(18(14(2)32-20)17-6-9-26-29(17)3)27-22(28-23)16-5-8-25-21-15(16)4-7-24-21/h4-9,13H,10-12H2,1-3H3,(H,24,25)/t13-/m1/s1. The van der Waals surface area contributed by atoms with Gasteiger partial charge in [0.05, 0.1) is 35.2 Å². The molecule has 0 spiro atoms. The molecule has 1 atom stereocenters. The molecule has 162 valence electrons. The summed E-state index contributed by atoms with van der Waals surface area (Å²) in [4.78, 5) is 21.5. The van der Waals surface area contributed by atoms with Crippen molar-refractivity contribution in [2.75, 3.05) is 24.7 Å². The highest BCUT2D eigenvalue weighted by atomic mass is 32.1. The lowest BCUT2D eigenvalue weighted by Gasteiger charge is -2.34. The molecule has 1 N–H and O–H groups in total. The largest absolute Gasteiger partial charge is 0.377 e. The molecule has 6 heterocycles. The maximum Gasteiger partial charge on any atom is 0.163 e. The number of ether oxygens (including phenoxy) is 1. The summed E-state index contributed by atoms with van der Waals surface area (Å²) < 4.78 is 8.72. The van der Waals surface area contributed by atoms with Crippen LogP contribution in [0.15, 0.2) is 36.8 Å². The van der Waals surface area contributed by atoms with Gasteiger partial charge < -0.3 is 14.6 Å². The summed E-state index contributed by atoms with van der Waals surface area (Å²) in [6.45, 7) is 6.53. The van der Waals surface area contributed by atoms with E-state index in [4.69, 9.17) is 14.7 Å². The second kappa shape index (κ2) is 7.39. The van der Waals surface area contributed by atoms with Gasteiger partial charge in [0.1, 0.15) is 5.65 Å². The van der Waals surface area contributed by atoms with Crippen molar-refractivity contribution in [3.8, 4) is 22.6 Å². The van der Waals surface area contributed by atoms with Gasteiger partial charge in [0.15, 0.2) is 11.6 Å². The Hall–Kier alpha value is -3.30. The fraction of sp³-hybridized carbons (Fsp3) is 0.304. The molecule has 0 unspecified atom stereocenters. The van der Waals surface area contributed by atoms with E-state index in [0.29, 0.717) is 19.0 Å². The molecular formula is C23H23N7OS. The summed E-state index contributed by atoms with van der Waals surface area (Å²) in [6, 6.07) is 6.31. The number of hydrogen-bond donors (Lipinski definition) is 1. The van der Waals surface area contributed by atoms with Crippen LogP contribution in [0, 0.1) is 6.92 Å². The van der Waals surface area contributed by atoms with E-state index in [0.717, 1.165) is 50.4 Å². The number of fused-ring (bicyclic) bond motifs is 2. The van der Waals surface area contributed by atoms with E-state index in [1.807, 2.05) is 42.3 Å². The fourth-order valence-corrected chi connectivity index (χ4v) is 5.61. The number of aryl methyl sites for hydroxylation is 2. The first kappa shape index (κ1) is 19.4. The Kier molecular flexibility index (Phi) is 4.48. The summed E-state index contributed by atoms with van der Waals surface area (Å²) in [6.07, 6.45) is 5.54. The van der Waals surface area contributed by atoms with Gasteiger partial charge in [-0.15, -0.1) is 11.3 Å². The topological polar surface area (TPSA) is 84.8 Å². The number of nitrogens with zero attached hydrogens (tertiary/aromatic N) is 6. The normalized spacial score (nSPS) is 17.0. The smallest absolute Gasteiger partial charge is 0.163 e. The van der Waals surface area contributed by atoms with Crippen LogP contribution in [0.1, 0.15) is 11.8 Å². The van der Waals surface area contributed by atoms with E-state index >= 15 is 0 Å². The van der Waals surface area contributed by atoms with Crippen LogP contribution in [0.2, 0.25) is 0 Å². The lowest BCUT2D eigenvalue weighted by atomic mass is 10.1. The van der Waals surface area contributed by atoms with Crippen molar-refractivity contribution in [2.45, 2.75) is 19.9 Å². The molecule has 1 saturated heterocycles. The summed E-state index contributed by atoms with van der Waals surface area (Å²) in [5, 5.41) is 5.41. The van der Waals surface area contributed by atoms with Crippen molar-refractivity contribution in [1.29, 1.82) is 0 Å². The van der Waals surface area contributed by atoms with Crippen LogP contribution in [-0.2, 0) is 11.8 Å². The molecule has 5 aromatic rings. The average molecular weight is 446 g/mol. The fourth-order valence-electron chi connectivity index (χ4n) is 4.51. The zero-order chi connectivity index (χ0) is 21.8. The van der Waals surface area contributed by atoms with Crippen molar-refractivity contribution in [1.82, 2.24) is 29.7 Å². The van der Waals surface area contributed by atoms with Gasteiger partial charge in [-0.3, -0.25) is 4.68 Å². The maximum atomic E-state index is 5.71. The highest BCUT2D eigenvalue weighted by Gasteiger charge is 2.27. The molecule has 5 aromatic heterocycles. The minimum atomic E-state index is 0.238. The molecule has 1 aliphatic rings. The number of aromatic nitrogens is 6. The molecule has 1 fully saturated rings. The molecule has 0 aromatic carbocycles. The van der Waals surface area contributed by atoms with Gasteiger partial charge in [0.2, 0.25) is 0 Å². The van der Waals surface area contributed by atoms with Gasteiger partial charge in [0, 0.05) is 53.6 Å². The van der Waals surface area contributed by atoms with Gasteiger partial charge in [-0.2, -0.15) is 5.10 Å². The van der Waals surface area contributed by atoms with E-state index in [9.17, 15) is 0 Å². The first-order valence-corrected chi connectivity index (χ1v) is 11.5. The van der Waals surface area contributed by atoms with E-state index < -0.39 is 0 Å². The molecule has 6 rings (SSSR count). The minimum Gasteiger partial charge on any atom is -0.377 e. The third-order valence-corrected chi connectivity index (χ3v) is 7.20. The third kappa shape index (κ3) is 2.92. The van der Waals surface area contributed by atoms with E-state index in [1.165, 1.54) is 4.88 Å². The maximum absolute atomic E-state index is 5.71. The molecule has 0 radical (unpaired) electrons. The van der Waals surface area contributed by atoms with Crippen LogP contribution in [0.3, 0.4) is 0 Å². The Bertz CT molecular complexity index is 1450. The molecule has 32 heavy (non-hydrogen) atoms. The summed E-state index contributed by atoms with van der Waals surface area (Å²) in [5.41, 5.74) is 4.95. The lowest BCUT2D eigenvalue weighted by Crippen LogP contribution is -2.44. The lowest BCUT2D eigenvalue weighted by molar-refractivity contribution is 0.0987.